The minimum Gasteiger partial charge on any atom is -0.508 e. The van der Waals surface area contributed by atoms with Gasteiger partial charge in [0.2, 0.25) is 0 Å². The van der Waals surface area contributed by atoms with Crippen molar-refractivity contribution in [3.63, 3.8) is 0 Å². The van der Waals surface area contributed by atoms with Crippen LogP contribution in [-0.2, 0) is 6.42 Å². The van der Waals surface area contributed by atoms with Crippen LogP contribution < -0.4 is 5.32 Å². The fraction of sp³-hybridized carbons (Fsp3) is 0.647. The monoisotopic (exact) mass is 261 g/mol. The SMILES string of the molecule is CC(C)C(C)(C)CNC1CCCc2ccc(O)cc21. The molecule has 1 aromatic rings. The zero-order valence-corrected chi connectivity index (χ0v) is 12.7. The Morgan fingerprint density at radius 3 is 2.79 bits per heavy atom. The van der Waals surface area contributed by atoms with E-state index in [9.17, 15) is 5.11 Å². The van der Waals surface area contributed by atoms with Gasteiger partial charge in [-0.3, -0.25) is 0 Å². The molecule has 0 bridgehead atoms. The number of nitrogens with one attached hydrogen (secondary N) is 1. The summed E-state index contributed by atoms with van der Waals surface area (Å²) in [6.45, 7) is 10.2. The summed E-state index contributed by atoms with van der Waals surface area (Å²) in [7, 11) is 0. The van der Waals surface area contributed by atoms with Crippen LogP contribution in [0, 0.1) is 11.3 Å². The van der Waals surface area contributed by atoms with Crippen molar-refractivity contribution in [3.05, 3.63) is 29.3 Å². The van der Waals surface area contributed by atoms with Gasteiger partial charge in [-0.1, -0.05) is 33.8 Å². The molecule has 0 radical (unpaired) electrons. The van der Waals surface area contributed by atoms with Gasteiger partial charge >= 0.3 is 0 Å². The number of aromatic hydroxyl groups is 1. The van der Waals surface area contributed by atoms with Gasteiger partial charge in [-0.05, 0) is 53.9 Å². The molecule has 0 spiro atoms. The second-order valence-corrected chi connectivity index (χ2v) is 6.85. The van der Waals surface area contributed by atoms with Gasteiger partial charge in [-0.2, -0.15) is 0 Å². The molecule has 2 rings (SSSR count). The molecule has 0 amide bonds. The summed E-state index contributed by atoms with van der Waals surface area (Å²) >= 11 is 0. The quantitative estimate of drug-likeness (QED) is 0.857. The lowest BCUT2D eigenvalue weighted by molar-refractivity contribution is 0.224. The first-order chi connectivity index (χ1) is 8.90. The molecule has 1 aromatic carbocycles. The highest BCUT2D eigenvalue weighted by Crippen LogP contribution is 2.33. The number of aryl methyl sites for hydroxylation is 1. The number of rotatable bonds is 4. The lowest BCUT2D eigenvalue weighted by Gasteiger charge is -2.34. The summed E-state index contributed by atoms with van der Waals surface area (Å²) in [6.07, 6.45) is 3.55. The predicted molar refractivity (Wildman–Crippen MR) is 80.4 cm³/mol. The van der Waals surface area contributed by atoms with Crippen molar-refractivity contribution >= 4 is 0 Å². The smallest absolute Gasteiger partial charge is 0.115 e. The summed E-state index contributed by atoms with van der Waals surface area (Å²) in [5, 5.41) is 13.4. The Labute approximate surface area is 117 Å². The fourth-order valence-corrected chi connectivity index (χ4v) is 2.59. The van der Waals surface area contributed by atoms with Crippen molar-refractivity contribution in [3.8, 4) is 5.75 Å². The van der Waals surface area contributed by atoms with Crippen molar-refractivity contribution in [2.24, 2.45) is 11.3 Å². The van der Waals surface area contributed by atoms with Crippen LogP contribution in [0.4, 0.5) is 0 Å². The standard InChI is InChI=1S/C17H27NO/c1-12(2)17(3,4)11-18-16-7-5-6-13-8-9-14(19)10-15(13)16/h8-10,12,16,18-19H,5-7,11H2,1-4H3. The highest BCUT2D eigenvalue weighted by molar-refractivity contribution is 5.38. The fourth-order valence-electron chi connectivity index (χ4n) is 2.59. The van der Waals surface area contributed by atoms with E-state index in [1.165, 1.54) is 24.0 Å². The molecule has 19 heavy (non-hydrogen) atoms. The van der Waals surface area contributed by atoms with Crippen LogP contribution in [0.5, 0.6) is 5.75 Å². The van der Waals surface area contributed by atoms with Crippen LogP contribution in [0.25, 0.3) is 0 Å². The zero-order valence-electron chi connectivity index (χ0n) is 12.7. The van der Waals surface area contributed by atoms with Gasteiger partial charge in [-0.25, -0.2) is 0 Å². The molecule has 106 valence electrons. The van der Waals surface area contributed by atoms with Crippen LogP contribution in [0.1, 0.15) is 57.7 Å². The molecule has 0 heterocycles. The Hall–Kier alpha value is -1.02. The van der Waals surface area contributed by atoms with Gasteiger partial charge < -0.3 is 10.4 Å². The first-order valence-corrected chi connectivity index (χ1v) is 7.45. The highest BCUT2D eigenvalue weighted by Gasteiger charge is 2.26. The number of hydrogen-bond acceptors (Lipinski definition) is 2. The average molecular weight is 261 g/mol. The van der Waals surface area contributed by atoms with E-state index < -0.39 is 0 Å². The Kier molecular flexibility index (Phi) is 4.19. The number of phenols is 1. The molecule has 2 heteroatoms. The van der Waals surface area contributed by atoms with E-state index in [4.69, 9.17) is 0 Å². The first kappa shape index (κ1) is 14.4. The average Bonchev–Trinajstić information content (AvgIpc) is 2.36. The minimum absolute atomic E-state index is 0.300. The van der Waals surface area contributed by atoms with Gasteiger partial charge in [0.1, 0.15) is 5.75 Å². The van der Waals surface area contributed by atoms with Gasteiger partial charge in [0.25, 0.3) is 0 Å². The van der Waals surface area contributed by atoms with E-state index in [0.29, 0.717) is 23.1 Å². The summed E-state index contributed by atoms with van der Waals surface area (Å²) in [6, 6.07) is 6.22. The Balaban J connectivity index is 2.09. The van der Waals surface area contributed by atoms with E-state index in [1.807, 2.05) is 6.07 Å². The minimum atomic E-state index is 0.300. The van der Waals surface area contributed by atoms with Gasteiger partial charge in [0.15, 0.2) is 0 Å². The maximum atomic E-state index is 9.69. The summed E-state index contributed by atoms with van der Waals surface area (Å²) in [5.74, 6) is 1.04. The Morgan fingerprint density at radius 1 is 1.37 bits per heavy atom. The molecule has 0 aromatic heterocycles. The molecule has 2 nitrogen and oxygen atoms in total. The van der Waals surface area contributed by atoms with Gasteiger partial charge in [0.05, 0.1) is 0 Å². The number of phenolic OH excluding ortho intramolecular Hbond substituents is 1. The van der Waals surface area contributed by atoms with Crippen LogP contribution in [0.15, 0.2) is 18.2 Å². The number of fused-ring (bicyclic) bond motifs is 1. The second kappa shape index (κ2) is 5.54. The normalized spacial score (nSPS) is 19.5. The molecule has 0 aliphatic heterocycles. The maximum Gasteiger partial charge on any atom is 0.115 e. The molecular weight excluding hydrogens is 234 g/mol. The molecule has 0 fully saturated rings. The molecule has 0 saturated heterocycles. The van der Waals surface area contributed by atoms with E-state index in [0.717, 1.165) is 13.0 Å². The van der Waals surface area contributed by atoms with Crippen LogP contribution >= 0.6 is 0 Å². The molecule has 2 N–H and O–H groups in total. The topological polar surface area (TPSA) is 32.3 Å². The zero-order chi connectivity index (χ0) is 14.0. The van der Waals surface area contributed by atoms with Crippen molar-refractivity contribution < 1.29 is 5.11 Å². The van der Waals surface area contributed by atoms with Crippen LogP contribution in [0.2, 0.25) is 0 Å². The van der Waals surface area contributed by atoms with E-state index in [2.05, 4.69) is 39.1 Å². The summed E-state index contributed by atoms with van der Waals surface area (Å²) < 4.78 is 0. The van der Waals surface area contributed by atoms with Crippen molar-refractivity contribution in [1.29, 1.82) is 0 Å². The first-order valence-electron chi connectivity index (χ1n) is 7.45. The summed E-state index contributed by atoms with van der Waals surface area (Å²) in [5.41, 5.74) is 2.99. The van der Waals surface area contributed by atoms with Crippen LogP contribution in [-0.4, -0.2) is 11.7 Å². The third-order valence-electron chi connectivity index (χ3n) is 4.81. The molecular formula is C17H27NO. The van der Waals surface area contributed by atoms with Gasteiger partial charge in [0, 0.05) is 12.6 Å². The Bertz CT molecular complexity index is 437. The summed E-state index contributed by atoms with van der Waals surface area (Å²) in [4.78, 5) is 0. The lowest BCUT2D eigenvalue weighted by Crippen LogP contribution is -2.36. The van der Waals surface area contributed by atoms with Crippen molar-refractivity contribution in [1.82, 2.24) is 5.32 Å². The molecule has 1 aliphatic carbocycles. The Morgan fingerprint density at radius 2 is 2.11 bits per heavy atom. The van der Waals surface area contributed by atoms with Crippen molar-refractivity contribution in [2.45, 2.75) is 53.0 Å². The molecule has 0 saturated carbocycles. The number of benzene rings is 1. The van der Waals surface area contributed by atoms with E-state index in [-0.39, 0.29) is 0 Å². The maximum absolute atomic E-state index is 9.69. The van der Waals surface area contributed by atoms with E-state index >= 15 is 0 Å². The van der Waals surface area contributed by atoms with Crippen LogP contribution in [0.3, 0.4) is 0 Å². The third-order valence-corrected chi connectivity index (χ3v) is 4.81. The highest BCUT2D eigenvalue weighted by atomic mass is 16.3. The molecule has 1 atom stereocenters. The van der Waals surface area contributed by atoms with Gasteiger partial charge in [-0.15, -0.1) is 0 Å². The largest absolute Gasteiger partial charge is 0.508 e. The molecule has 1 aliphatic rings. The van der Waals surface area contributed by atoms with E-state index in [1.54, 1.807) is 6.07 Å². The second-order valence-electron chi connectivity index (χ2n) is 6.85. The lowest BCUT2D eigenvalue weighted by atomic mass is 9.80. The third kappa shape index (κ3) is 3.30. The molecule has 1 unspecified atom stereocenters. The van der Waals surface area contributed by atoms with Crippen molar-refractivity contribution in [2.75, 3.05) is 6.54 Å². The number of hydrogen-bond donors (Lipinski definition) is 2. The predicted octanol–water partition coefficient (Wildman–Crippen LogP) is 4.04.